The first-order valence-electron chi connectivity index (χ1n) is 16.3. The van der Waals surface area contributed by atoms with Crippen molar-refractivity contribution in [3.05, 3.63) is 60.4 Å². The van der Waals surface area contributed by atoms with Gasteiger partial charge in [0.25, 0.3) is 0 Å². The predicted octanol–water partition coefficient (Wildman–Crippen LogP) is 3.69. The highest BCUT2D eigenvalue weighted by Gasteiger charge is 2.33. The minimum absolute atomic E-state index is 0.0713. The van der Waals surface area contributed by atoms with Crippen LogP contribution in [0.2, 0.25) is 0 Å². The molecule has 1 saturated heterocycles. The number of oxime groups is 1. The summed E-state index contributed by atoms with van der Waals surface area (Å²) in [4.78, 5) is 62.7. The average molecular weight is 709 g/mol. The molecule has 1 aromatic carbocycles. The van der Waals surface area contributed by atoms with Gasteiger partial charge in [0.2, 0.25) is 5.91 Å². The average Bonchev–Trinajstić information content (AvgIpc) is 3.80. The number of benzene rings is 1. The normalized spacial score (nSPS) is 17.4. The van der Waals surface area contributed by atoms with Gasteiger partial charge in [-0.1, -0.05) is 16.4 Å². The number of aromatic nitrogens is 4. The third-order valence-electron chi connectivity index (χ3n) is 7.36. The van der Waals surface area contributed by atoms with Gasteiger partial charge in [-0.3, -0.25) is 24.4 Å². The van der Waals surface area contributed by atoms with Gasteiger partial charge in [-0.25, -0.2) is 18.7 Å². The Labute approximate surface area is 293 Å². The summed E-state index contributed by atoms with van der Waals surface area (Å²) < 4.78 is 32.9. The van der Waals surface area contributed by atoms with E-state index in [1.54, 1.807) is 76.7 Å². The highest BCUT2D eigenvalue weighted by Crippen LogP contribution is 2.29. The summed E-state index contributed by atoms with van der Waals surface area (Å²) >= 11 is 0. The van der Waals surface area contributed by atoms with E-state index < -0.39 is 66.4 Å². The van der Waals surface area contributed by atoms with Crippen molar-refractivity contribution in [3.8, 4) is 11.1 Å². The van der Waals surface area contributed by atoms with Crippen LogP contribution < -0.4 is 10.2 Å². The standard InChI is InChI=1S/C34H41FN8O8/c1-33(2,3)49-30(45)20-41(31(46)50-34(4,5)6)19-29(44)37-16-23-14-28(39-51-23)27-10-7-21(15-36-27)25-9-8-22(13-26(25)35)43-18-24(48-32(43)47)17-42-12-11-38-40-42/h7-13,15,23-24H,14,16-20H2,1-6H3,(H,37,44)/t23-,24-/m0/s1. The molecule has 0 saturated carbocycles. The largest absolute Gasteiger partial charge is 0.459 e. The molecule has 51 heavy (non-hydrogen) atoms. The van der Waals surface area contributed by atoms with Gasteiger partial charge in [-0.15, -0.1) is 5.10 Å². The molecule has 2 atom stereocenters. The fraction of sp³-hybridized carbons (Fsp3) is 0.471. The summed E-state index contributed by atoms with van der Waals surface area (Å²) in [5, 5.41) is 14.4. The summed E-state index contributed by atoms with van der Waals surface area (Å²) in [5.41, 5.74) is 0.600. The number of hydrogen-bond acceptors (Lipinski definition) is 12. The van der Waals surface area contributed by atoms with Crippen LogP contribution >= 0.6 is 0 Å². The quantitative estimate of drug-likeness (QED) is 0.227. The summed E-state index contributed by atoms with van der Waals surface area (Å²) in [6.45, 7) is 9.86. The minimum Gasteiger partial charge on any atom is -0.459 e. The van der Waals surface area contributed by atoms with Crippen molar-refractivity contribution in [1.29, 1.82) is 0 Å². The van der Waals surface area contributed by atoms with Crippen LogP contribution in [0.25, 0.3) is 11.1 Å². The molecule has 2 aliphatic heterocycles. The number of nitrogens with zero attached hydrogens (tertiary/aromatic N) is 7. The summed E-state index contributed by atoms with van der Waals surface area (Å²) in [6, 6.07) is 7.88. The zero-order valence-corrected chi connectivity index (χ0v) is 29.3. The Bertz CT molecular complexity index is 1770. The predicted molar refractivity (Wildman–Crippen MR) is 180 cm³/mol. The van der Waals surface area contributed by atoms with Crippen LogP contribution in [0.5, 0.6) is 0 Å². The Balaban J connectivity index is 1.12. The molecule has 3 amide bonds. The number of halogens is 1. The maximum absolute atomic E-state index is 15.3. The molecule has 0 spiro atoms. The van der Waals surface area contributed by atoms with Crippen LogP contribution in [0.1, 0.15) is 53.7 Å². The van der Waals surface area contributed by atoms with E-state index in [4.69, 9.17) is 19.0 Å². The van der Waals surface area contributed by atoms with Crippen molar-refractivity contribution in [3.63, 3.8) is 0 Å². The summed E-state index contributed by atoms with van der Waals surface area (Å²) in [7, 11) is 0. The van der Waals surface area contributed by atoms with Crippen molar-refractivity contribution in [2.75, 3.05) is 31.1 Å². The molecule has 0 aliphatic carbocycles. The van der Waals surface area contributed by atoms with Crippen molar-refractivity contribution >= 4 is 35.5 Å². The lowest BCUT2D eigenvalue weighted by molar-refractivity contribution is -0.156. The van der Waals surface area contributed by atoms with Gasteiger partial charge in [0.1, 0.15) is 41.9 Å². The number of pyridine rings is 1. The van der Waals surface area contributed by atoms with Crippen molar-refractivity contribution in [1.82, 2.24) is 30.2 Å². The molecule has 2 aliphatic rings. The Morgan fingerprint density at radius 1 is 1.04 bits per heavy atom. The number of carbonyl (C=O) groups excluding carboxylic acids is 4. The smallest absolute Gasteiger partial charge is 0.414 e. The first-order chi connectivity index (χ1) is 24.0. The highest BCUT2D eigenvalue weighted by molar-refractivity contribution is 6.00. The van der Waals surface area contributed by atoms with E-state index in [9.17, 15) is 19.2 Å². The molecule has 16 nitrogen and oxygen atoms in total. The molecule has 0 unspecified atom stereocenters. The van der Waals surface area contributed by atoms with Gasteiger partial charge >= 0.3 is 18.2 Å². The highest BCUT2D eigenvalue weighted by atomic mass is 19.1. The van der Waals surface area contributed by atoms with Gasteiger partial charge in [0.15, 0.2) is 6.10 Å². The molecule has 1 N–H and O–H groups in total. The fourth-order valence-corrected chi connectivity index (χ4v) is 5.18. The lowest BCUT2D eigenvalue weighted by Gasteiger charge is -2.28. The second-order valence-electron chi connectivity index (χ2n) is 14.0. The van der Waals surface area contributed by atoms with E-state index >= 15 is 4.39 Å². The van der Waals surface area contributed by atoms with Gasteiger partial charge in [-0.2, -0.15) is 0 Å². The SMILES string of the molecule is CC(C)(C)OC(=O)CN(CC(=O)NC[C@@H]1CC(c2ccc(-c3ccc(N4C[C@H](Cn5ccnn5)OC4=O)cc3F)cn2)=NO1)C(=O)OC(C)(C)C. The van der Waals surface area contributed by atoms with Crippen molar-refractivity contribution < 1.29 is 42.6 Å². The number of amides is 3. The number of esters is 1. The molecular formula is C34H41FN8O8. The number of nitrogens with one attached hydrogen (secondary N) is 1. The van der Waals surface area contributed by atoms with Crippen LogP contribution in [-0.2, 0) is 35.2 Å². The van der Waals surface area contributed by atoms with Crippen LogP contribution in [-0.4, -0.2) is 104 Å². The van der Waals surface area contributed by atoms with Crippen LogP contribution in [0.15, 0.2) is 54.1 Å². The molecule has 0 bridgehead atoms. The Kier molecular flexibility index (Phi) is 10.9. The molecule has 5 rings (SSSR count). The minimum atomic E-state index is -0.841. The van der Waals surface area contributed by atoms with Gasteiger partial charge in [0.05, 0.1) is 37.2 Å². The molecule has 272 valence electrons. The molecule has 1 fully saturated rings. The number of cyclic esters (lactones) is 1. The van der Waals surface area contributed by atoms with Gasteiger partial charge in [0, 0.05) is 29.9 Å². The molecule has 4 heterocycles. The zero-order valence-electron chi connectivity index (χ0n) is 29.3. The number of rotatable bonds is 11. The third-order valence-corrected chi connectivity index (χ3v) is 7.36. The number of anilines is 1. The Morgan fingerprint density at radius 2 is 1.80 bits per heavy atom. The summed E-state index contributed by atoms with van der Waals surface area (Å²) in [6.07, 6.45) is 2.67. The van der Waals surface area contributed by atoms with Crippen LogP contribution in [0.3, 0.4) is 0 Å². The molecular weight excluding hydrogens is 667 g/mol. The summed E-state index contributed by atoms with van der Waals surface area (Å²) in [5.74, 6) is -1.76. The Hall–Kier alpha value is -5.61. The number of ether oxygens (including phenoxy) is 3. The first kappa shape index (κ1) is 36.7. The lowest BCUT2D eigenvalue weighted by Crippen LogP contribution is -2.47. The number of carbonyl (C=O) groups is 4. The zero-order chi connectivity index (χ0) is 36.9. The molecule has 0 radical (unpaired) electrons. The van der Waals surface area contributed by atoms with Gasteiger partial charge < -0.3 is 24.4 Å². The van der Waals surface area contributed by atoms with Crippen LogP contribution in [0.4, 0.5) is 19.7 Å². The van der Waals surface area contributed by atoms with Gasteiger partial charge in [-0.05, 0) is 65.8 Å². The van der Waals surface area contributed by atoms with E-state index in [1.807, 2.05) is 0 Å². The monoisotopic (exact) mass is 708 g/mol. The Morgan fingerprint density at radius 3 is 2.45 bits per heavy atom. The van der Waals surface area contributed by atoms with E-state index in [-0.39, 0.29) is 13.1 Å². The lowest BCUT2D eigenvalue weighted by atomic mass is 10.0. The molecule has 17 heteroatoms. The van der Waals surface area contributed by atoms with E-state index in [2.05, 4.69) is 25.8 Å². The number of hydrogen-bond donors (Lipinski definition) is 1. The maximum Gasteiger partial charge on any atom is 0.414 e. The first-order valence-corrected chi connectivity index (χ1v) is 16.3. The fourth-order valence-electron chi connectivity index (χ4n) is 5.18. The van der Waals surface area contributed by atoms with Crippen molar-refractivity contribution in [2.24, 2.45) is 5.16 Å². The maximum atomic E-state index is 15.3. The molecule has 2 aromatic heterocycles. The molecule has 3 aromatic rings. The van der Waals surface area contributed by atoms with E-state index in [0.29, 0.717) is 41.2 Å². The van der Waals surface area contributed by atoms with Crippen molar-refractivity contribution in [2.45, 2.75) is 77.9 Å². The van der Waals surface area contributed by atoms with E-state index in [0.717, 1.165) is 4.90 Å². The van der Waals surface area contributed by atoms with Crippen LogP contribution in [0, 0.1) is 5.82 Å². The topological polar surface area (TPSA) is 180 Å². The second kappa shape index (κ2) is 15.1. The third kappa shape index (κ3) is 10.2. The van der Waals surface area contributed by atoms with E-state index in [1.165, 1.54) is 23.4 Å². The second-order valence-corrected chi connectivity index (χ2v) is 14.0.